The van der Waals surface area contributed by atoms with Crippen molar-refractivity contribution in [3.63, 3.8) is 0 Å². The highest BCUT2D eigenvalue weighted by atomic mass is 79.9. The minimum Gasteiger partial charge on any atom is -0.461 e. The monoisotopic (exact) mass is 440 g/mol. The Morgan fingerprint density at radius 2 is 1.96 bits per heavy atom. The number of nitrogens with one attached hydrogen (secondary N) is 1. The summed E-state index contributed by atoms with van der Waals surface area (Å²) in [6.07, 6.45) is 2.81. The normalized spacial score (nSPS) is 15.1. The predicted octanol–water partition coefficient (Wildman–Crippen LogP) is 3.54. The summed E-state index contributed by atoms with van der Waals surface area (Å²) in [5.74, 6) is 0.787. The number of anilines is 4. The number of hydrogen-bond acceptors (Lipinski definition) is 8. The number of rotatable bonds is 4. The first-order valence-corrected chi connectivity index (χ1v) is 9.33. The highest BCUT2D eigenvalue weighted by molar-refractivity contribution is 9.10. The molecule has 1 unspecified atom stereocenters. The van der Waals surface area contributed by atoms with Crippen LogP contribution in [0.4, 0.5) is 23.0 Å². The van der Waals surface area contributed by atoms with Crippen molar-refractivity contribution in [2.45, 2.75) is 19.7 Å². The molecule has 28 heavy (non-hydrogen) atoms. The van der Waals surface area contributed by atoms with Gasteiger partial charge < -0.3 is 15.8 Å². The van der Waals surface area contributed by atoms with Gasteiger partial charge in [0.1, 0.15) is 22.7 Å². The van der Waals surface area contributed by atoms with Crippen molar-refractivity contribution < 1.29 is 9.53 Å². The number of carbonyl (C=O) groups is 1. The Kier molecular flexibility index (Phi) is 4.82. The molecule has 3 aromatic rings. The highest BCUT2D eigenvalue weighted by Crippen LogP contribution is 2.45. The third-order valence-electron chi connectivity index (χ3n) is 4.29. The fraction of sp³-hybridized carbons (Fsp3) is 0.158. The zero-order chi connectivity index (χ0) is 19.7. The summed E-state index contributed by atoms with van der Waals surface area (Å²) >= 11 is 3.43. The van der Waals surface area contributed by atoms with Crippen molar-refractivity contribution in [1.82, 2.24) is 15.0 Å². The van der Waals surface area contributed by atoms with E-state index in [9.17, 15) is 4.79 Å². The van der Waals surface area contributed by atoms with E-state index in [2.05, 4.69) is 36.2 Å². The molecule has 0 radical (unpaired) electrons. The number of fused-ring (bicyclic) bond motifs is 1. The van der Waals surface area contributed by atoms with Crippen molar-refractivity contribution in [3.05, 3.63) is 64.7 Å². The van der Waals surface area contributed by atoms with Crippen molar-refractivity contribution in [1.29, 1.82) is 0 Å². The van der Waals surface area contributed by atoms with Gasteiger partial charge in [-0.15, -0.1) is 0 Å². The van der Waals surface area contributed by atoms with Gasteiger partial charge in [0.05, 0.1) is 5.69 Å². The van der Waals surface area contributed by atoms with E-state index in [1.54, 1.807) is 12.4 Å². The molecular weight excluding hydrogens is 424 g/mol. The molecule has 1 atom stereocenters. The summed E-state index contributed by atoms with van der Waals surface area (Å²) < 4.78 is 5.77. The molecule has 142 valence electrons. The van der Waals surface area contributed by atoms with E-state index in [-0.39, 0.29) is 18.7 Å². The van der Waals surface area contributed by atoms with Gasteiger partial charge in [-0.05, 0) is 45.8 Å². The van der Waals surface area contributed by atoms with E-state index in [1.807, 2.05) is 41.3 Å². The maximum absolute atomic E-state index is 11.0. The number of hydrogen-bond donors (Lipinski definition) is 2. The van der Waals surface area contributed by atoms with E-state index >= 15 is 0 Å². The zero-order valence-electron chi connectivity index (χ0n) is 15.0. The third kappa shape index (κ3) is 3.48. The Morgan fingerprint density at radius 3 is 2.68 bits per heavy atom. The number of carbonyl (C=O) groups excluding carboxylic acids is 1. The Balaban J connectivity index is 1.73. The molecule has 0 aliphatic carbocycles. The first kappa shape index (κ1) is 18.2. The molecule has 0 spiro atoms. The molecule has 1 aliphatic rings. The van der Waals surface area contributed by atoms with Crippen LogP contribution in [0.15, 0.2) is 53.4 Å². The Morgan fingerprint density at radius 1 is 1.21 bits per heavy atom. The van der Waals surface area contributed by atoms with E-state index in [0.29, 0.717) is 11.5 Å². The number of nitrogens with zero attached hydrogens (tertiary/aromatic N) is 4. The molecule has 8 nitrogen and oxygen atoms in total. The first-order valence-electron chi connectivity index (χ1n) is 8.54. The highest BCUT2D eigenvalue weighted by Gasteiger charge is 2.35. The molecule has 0 saturated heterocycles. The van der Waals surface area contributed by atoms with Gasteiger partial charge in [-0.3, -0.25) is 14.7 Å². The molecule has 1 aliphatic heterocycles. The van der Waals surface area contributed by atoms with Gasteiger partial charge in [-0.2, -0.15) is 0 Å². The SMILES string of the molecule is CC(=O)OCc1ccc(N2c3nc(Br)ccc3NC2c2nccnc2N)cc1. The van der Waals surface area contributed by atoms with E-state index in [0.717, 1.165) is 27.4 Å². The molecule has 4 rings (SSSR count). The van der Waals surface area contributed by atoms with Gasteiger partial charge >= 0.3 is 5.97 Å². The Labute approximate surface area is 169 Å². The summed E-state index contributed by atoms with van der Waals surface area (Å²) in [4.78, 5) is 26.2. The molecule has 3 N–H and O–H groups in total. The van der Waals surface area contributed by atoms with Gasteiger partial charge in [-0.1, -0.05) is 12.1 Å². The van der Waals surface area contributed by atoms with Crippen LogP contribution >= 0.6 is 15.9 Å². The van der Waals surface area contributed by atoms with Crippen LogP contribution in [-0.2, 0) is 16.1 Å². The minimum atomic E-state index is -0.357. The van der Waals surface area contributed by atoms with E-state index in [4.69, 9.17) is 10.5 Å². The summed E-state index contributed by atoms with van der Waals surface area (Å²) in [6.45, 7) is 1.62. The Hall–Kier alpha value is -3.20. The molecule has 0 amide bonds. The third-order valence-corrected chi connectivity index (χ3v) is 4.73. The smallest absolute Gasteiger partial charge is 0.302 e. The average Bonchev–Trinajstić information content (AvgIpc) is 3.05. The second-order valence-electron chi connectivity index (χ2n) is 6.20. The van der Waals surface area contributed by atoms with Gasteiger partial charge in [-0.25, -0.2) is 9.97 Å². The molecule has 9 heteroatoms. The van der Waals surface area contributed by atoms with E-state index < -0.39 is 0 Å². The van der Waals surface area contributed by atoms with Gasteiger partial charge in [0, 0.05) is 25.0 Å². The fourth-order valence-electron chi connectivity index (χ4n) is 3.03. The molecule has 2 aromatic heterocycles. The number of benzene rings is 1. The lowest BCUT2D eigenvalue weighted by molar-refractivity contribution is -0.142. The number of ether oxygens (including phenoxy) is 1. The average molecular weight is 441 g/mol. The lowest BCUT2D eigenvalue weighted by Gasteiger charge is -2.26. The van der Waals surface area contributed by atoms with Crippen LogP contribution in [0.2, 0.25) is 0 Å². The predicted molar refractivity (Wildman–Crippen MR) is 109 cm³/mol. The van der Waals surface area contributed by atoms with Crippen molar-refractivity contribution >= 4 is 44.9 Å². The largest absolute Gasteiger partial charge is 0.461 e. The molecule has 3 heterocycles. The second kappa shape index (κ2) is 7.43. The first-order chi connectivity index (χ1) is 13.5. The molecule has 0 saturated carbocycles. The molecule has 0 bridgehead atoms. The van der Waals surface area contributed by atoms with Crippen LogP contribution in [0.1, 0.15) is 24.3 Å². The number of nitrogen functional groups attached to an aromatic ring is 1. The van der Waals surface area contributed by atoms with Gasteiger partial charge in [0.2, 0.25) is 0 Å². The lowest BCUT2D eigenvalue weighted by atomic mass is 10.2. The van der Waals surface area contributed by atoms with Crippen LogP contribution in [0.25, 0.3) is 0 Å². The maximum atomic E-state index is 11.0. The topological polar surface area (TPSA) is 106 Å². The maximum Gasteiger partial charge on any atom is 0.302 e. The quantitative estimate of drug-likeness (QED) is 0.468. The number of pyridine rings is 1. The second-order valence-corrected chi connectivity index (χ2v) is 7.01. The minimum absolute atomic E-state index is 0.231. The van der Waals surface area contributed by atoms with E-state index in [1.165, 1.54) is 6.92 Å². The number of esters is 1. The van der Waals surface area contributed by atoms with Gasteiger partial charge in [0.15, 0.2) is 12.0 Å². The summed E-state index contributed by atoms with van der Waals surface area (Å²) in [7, 11) is 0. The summed E-state index contributed by atoms with van der Waals surface area (Å²) in [5.41, 5.74) is 9.33. The summed E-state index contributed by atoms with van der Waals surface area (Å²) in [5, 5.41) is 3.41. The zero-order valence-corrected chi connectivity index (χ0v) is 16.5. The van der Waals surface area contributed by atoms with Crippen LogP contribution in [0.3, 0.4) is 0 Å². The fourth-order valence-corrected chi connectivity index (χ4v) is 3.33. The van der Waals surface area contributed by atoms with Crippen LogP contribution in [0.5, 0.6) is 0 Å². The van der Waals surface area contributed by atoms with Crippen LogP contribution in [0, 0.1) is 0 Å². The number of aromatic nitrogens is 3. The number of nitrogens with two attached hydrogens (primary N) is 1. The Bertz CT molecular complexity index is 1030. The summed E-state index contributed by atoms with van der Waals surface area (Å²) in [6, 6.07) is 11.5. The van der Waals surface area contributed by atoms with Crippen molar-refractivity contribution in [2.75, 3.05) is 16.0 Å². The van der Waals surface area contributed by atoms with Crippen LogP contribution in [-0.4, -0.2) is 20.9 Å². The number of halogens is 1. The molecule has 1 aromatic carbocycles. The van der Waals surface area contributed by atoms with Crippen LogP contribution < -0.4 is 16.0 Å². The molecular formula is C19H17BrN6O2. The lowest BCUT2D eigenvalue weighted by Crippen LogP contribution is -2.26. The van der Waals surface area contributed by atoms with Crippen molar-refractivity contribution in [2.24, 2.45) is 0 Å². The van der Waals surface area contributed by atoms with Gasteiger partial charge in [0.25, 0.3) is 0 Å². The molecule has 0 fully saturated rings. The van der Waals surface area contributed by atoms with Crippen molar-refractivity contribution in [3.8, 4) is 0 Å². The standard InChI is InChI=1S/C19H17BrN6O2/c1-11(27)28-10-12-2-4-13(5-3-12)26-18-14(6-7-15(20)25-18)24-19(26)16-17(21)23-9-8-22-16/h2-9,19,24H,10H2,1H3,(H2,21,23).